The van der Waals surface area contributed by atoms with E-state index < -0.39 is 10.0 Å². The van der Waals surface area contributed by atoms with Gasteiger partial charge in [0.15, 0.2) is 0 Å². The maximum Gasteiger partial charge on any atom is 0.240 e. The second kappa shape index (κ2) is 6.85. The largest absolute Gasteiger partial charge is 0.316 e. The van der Waals surface area contributed by atoms with Crippen LogP contribution in [0, 0.1) is 11.3 Å². The summed E-state index contributed by atoms with van der Waals surface area (Å²) in [7, 11) is -3.57. The van der Waals surface area contributed by atoms with Gasteiger partial charge in [-0.25, -0.2) is 13.1 Å². The van der Waals surface area contributed by atoms with Crippen LogP contribution in [0.15, 0.2) is 27.6 Å². The van der Waals surface area contributed by atoms with Gasteiger partial charge >= 0.3 is 0 Å². The number of benzene rings is 1. The highest BCUT2D eigenvalue weighted by Gasteiger charge is 2.14. The van der Waals surface area contributed by atoms with E-state index >= 15 is 0 Å². The lowest BCUT2D eigenvalue weighted by molar-refractivity contribution is 0.577. The number of sulfonamides is 1. The predicted octanol–water partition coefficient (Wildman–Crippen LogP) is 1.21. The summed E-state index contributed by atoms with van der Waals surface area (Å²) in [5, 5.41) is 11.8. The van der Waals surface area contributed by atoms with E-state index in [-0.39, 0.29) is 4.90 Å². The van der Waals surface area contributed by atoms with E-state index in [0.29, 0.717) is 23.1 Å². The van der Waals surface area contributed by atoms with Gasteiger partial charge in [0.25, 0.3) is 0 Å². The van der Waals surface area contributed by atoms with Crippen LogP contribution >= 0.6 is 15.9 Å². The Kier molecular flexibility index (Phi) is 5.75. The Bertz CT molecular complexity index is 552. The average Bonchev–Trinajstić information content (AvgIpc) is 2.34. The molecule has 0 aliphatic rings. The molecule has 0 heterocycles. The fraction of sp³-hybridized carbons (Fsp3) is 0.364. The van der Waals surface area contributed by atoms with Gasteiger partial charge in [0.1, 0.15) is 0 Å². The Balaban J connectivity index is 2.85. The Morgan fingerprint density at radius 3 is 2.67 bits per heavy atom. The molecule has 2 N–H and O–H groups in total. The lowest BCUT2D eigenvalue weighted by atomic mass is 10.2. The zero-order valence-corrected chi connectivity index (χ0v) is 12.3. The van der Waals surface area contributed by atoms with Crippen LogP contribution in [0.4, 0.5) is 0 Å². The Morgan fingerprint density at radius 1 is 1.33 bits per heavy atom. The average molecular weight is 332 g/mol. The highest BCUT2D eigenvalue weighted by molar-refractivity contribution is 9.10. The second-order valence-electron chi connectivity index (χ2n) is 3.54. The number of nitrogens with zero attached hydrogens (tertiary/aromatic N) is 1. The highest BCUT2D eigenvalue weighted by atomic mass is 79.9. The number of nitriles is 1. The number of nitrogens with one attached hydrogen (secondary N) is 2. The van der Waals surface area contributed by atoms with Crippen LogP contribution in [0.2, 0.25) is 0 Å². The number of rotatable bonds is 6. The molecule has 0 saturated carbocycles. The van der Waals surface area contributed by atoms with Crippen molar-refractivity contribution in [2.45, 2.75) is 11.8 Å². The molecular weight excluding hydrogens is 318 g/mol. The van der Waals surface area contributed by atoms with Crippen molar-refractivity contribution in [1.82, 2.24) is 10.0 Å². The number of hydrogen-bond acceptors (Lipinski definition) is 4. The standard InChI is InChI=1S/C11H14BrN3O2S/c1-2-14-3-4-15-18(16,17)11-6-9(8-13)5-10(12)7-11/h5-7,14-15H,2-4H2,1H3. The van der Waals surface area contributed by atoms with Crippen molar-refractivity contribution in [2.24, 2.45) is 0 Å². The first-order valence-corrected chi connectivity index (χ1v) is 7.68. The van der Waals surface area contributed by atoms with Crippen LogP contribution in [0.3, 0.4) is 0 Å². The molecular formula is C11H14BrN3O2S. The monoisotopic (exact) mass is 331 g/mol. The van der Waals surface area contributed by atoms with E-state index in [1.807, 2.05) is 13.0 Å². The van der Waals surface area contributed by atoms with E-state index in [4.69, 9.17) is 5.26 Å². The van der Waals surface area contributed by atoms with Crippen LogP contribution in [0.25, 0.3) is 0 Å². The molecule has 0 fully saturated rings. The summed E-state index contributed by atoms with van der Waals surface area (Å²) >= 11 is 3.18. The van der Waals surface area contributed by atoms with Crippen LogP contribution < -0.4 is 10.0 Å². The van der Waals surface area contributed by atoms with Gasteiger partial charge in [0, 0.05) is 17.6 Å². The molecule has 1 rings (SSSR count). The van der Waals surface area contributed by atoms with E-state index in [1.165, 1.54) is 12.1 Å². The molecule has 0 unspecified atom stereocenters. The van der Waals surface area contributed by atoms with Crippen molar-refractivity contribution in [1.29, 1.82) is 5.26 Å². The Morgan fingerprint density at radius 2 is 2.06 bits per heavy atom. The van der Waals surface area contributed by atoms with Crippen LogP contribution in [-0.4, -0.2) is 28.1 Å². The van der Waals surface area contributed by atoms with Gasteiger partial charge < -0.3 is 5.32 Å². The predicted molar refractivity (Wildman–Crippen MR) is 72.6 cm³/mol. The zero-order valence-electron chi connectivity index (χ0n) is 9.90. The molecule has 0 radical (unpaired) electrons. The smallest absolute Gasteiger partial charge is 0.240 e. The van der Waals surface area contributed by atoms with Crippen LogP contribution in [0.1, 0.15) is 12.5 Å². The third-order valence-electron chi connectivity index (χ3n) is 2.15. The summed E-state index contributed by atoms with van der Waals surface area (Å²) < 4.78 is 26.9. The quantitative estimate of drug-likeness (QED) is 0.767. The minimum atomic E-state index is -3.57. The Hall–Kier alpha value is -0.940. The number of likely N-dealkylation sites (N-methyl/N-ethyl adjacent to an activating group) is 1. The molecule has 5 nitrogen and oxygen atoms in total. The van der Waals surface area contributed by atoms with E-state index in [9.17, 15) is 8.42 Å². The molecule has 0 atom stereocenters. The van der Waals surface area contributed by atoms with Gasteiger partial charge in [0.05, 0.1) is 16.5 Å². The van der Waals surface area contributed by atoms with Gasteiger partial charge in [-0.05, 0) is 24.7 Å². The third-order valence-corrected chi connectivity index (χ3v) is 4.05. The first kappa shape index (κ1) is 15.1. The SMILES string of the molecule is CCNCCNS(=O)(=O)c1cc(Br)cc(C#N)c1. The maximum absolute atomic E-state index is 11.9. The molecule has 0 bridgehead atoms. The zero-order chi connectivity index (χ0) is 13.6. The third kappa shape index (κ3) is 4.38. The Labute approximate surface area is 115 Å². The summed E-state index contributed by atoms with van der Waals surface area (Å²) in [6.07, 6.45) is 0. The fourth-order valence-electron chi connectivity index (χ4n) is 1.32. The number of hydrogen-bond donors (Lipinski definition) is 2. The molecule has 7 heteroatoms. The molecule has 98 valence electrons. The van der Waals surface area contributed by atoms with Crippen molar-refractivity contribution in [3.8, 4) is 6.07 Å². The summed E-state index contributed by atoms with van der Waals surface area (Å²) in [5.74, 6) is 0. The second-order valence-corrected chi connectivity index (χ2v) is 6.22. The topological polar surface area (TPSA) is 82.0 Å². The van der Waals surface area contributed by atoms with E-state index in [1.54, 1.807) is 6.07 Å². The molecule has 0 aliphatic heterocycles. The molecule has 18 heavy (non-hydrogen) atoms. The van der Waals surface area contributed by atoms with Crippen LogP contribution in [0.5, 0.6) is 0 Å². The minimum absolute atomic E-state index is 0.0879. The molecule has 0 aliphatic carbocycles. The summed E-state index contributed by atoms with van der Waals surface area (Å²) in [5.41, 5.74) is 0.302. The van der Waals surface area contributed by atoms with E-state index in [0.717, 1.165) is 6.54 Å². The molecule has 0 saturated heterocycles. The van der Waals surface area contributed by atoms with Crippen molar-refractivity contribution in [3.05, 3.63) is 28.2 Å². The normalized spacial score (nSPS) is 11.2. The lowest BCUT2D eigenvalue weighted by Gasteiger charge is -2.07. The van der Waals surface area contributed by atoms with Crippen molar-refractivity contribution >= 4 is 26.0 Å². The van der Waals surface area contributed by atoms with Gasteiger partial charge in [0.2, 0.25) is 10.0 Å². The van der Waals surface area contributed by atoms with Crippen molar-refractivity contribution < 1.29 is 8.42 Å². The van der Waals surface area contributed by atoms with Gasteiger partial charge in [-0.15, -0.1) is 0 Å². The van der Waals surface area contributed by atoms with Gasteiger partial charge in [-0.1, -0.05) is 22.9 Å². The van der Waals surface area contributed by atoms with Crippen LogP contribution in [-0.2, 0) is 10.0 Å². The minimum Gasteiger partial charge on any atom is -0.316 e. The summed E-state index contributed by atoms with van der Waals surface area (Å²) in [6.45, 7) is 3.61. The van der Waals surface area contributed by atoms with Crippen molar-refractivity contribution in [3.63, 3.8) is 0 Å². The maximum atomic E-state index is 11.9. The first-order valence-electron chi connectivity index (χ1n) is 5.40. The van der Waals surface area contributed by atoms with E-state index in [2.05, 4.69) is 26.0 Å². The lowest BCUT2D eigenvalue weighted by Crippen LogP contribution is -2.31. The fourth-order valence-corrected chi connectivity index (χ4v) is 3.06. The molecule has 1 aromatic carbocycles. The molecule has 0 amide bonds. The molecule has 1 aromatic rings. The van der Waals surface area contributed by atoms with Gasteiger partial charge in [-0.2, -0.15) is 5.26 Å². The first-order chi connectivity index (χ1) is 8.49. The van der Waals surface area contributed by atoms with Crippen molar-refractivity contribution in [2.75, 3.05) is 19.6 Å². The summed E-state index contributed by atoms with van der Waals surface area (Å²) in [6, 6.07) is 6.31. The van der Waals surface area contributed by atoms with Gasteiger partial charge in [-0.3, -0.25) is 0 Å². The summed E-state index contributed by atoms with van der Waals surface area (Å²) in [4.78, 5) is 0.0879. The highest BCUT2D eigenvalue weighted by Crippen LogP contribution is 2.18. The molecule has 0 aromatic heterocycles. The molecule has 0 spiro atoms. The number of halogens is 1.